The molecule has 1 aromatic carbocycles. The minimum Gasteiger partial charge on any atom is -0.481 e. The van der Waals surface area contributed by atoms with Crippen molar-refractivity contribution in [2.24, 2.45) is 21.9 Å². The van der Waals surface area contributed by atoms with Crippen LogP contribution in [0.3, 0.4) is 0 Å². The Morgan fingerprint density at radius 1 is 1.12 bits per heavy atom. The number of carbonyl (C=O) groups is 2. The van der Waals surface area contributed by atoms with Crippen molar-refractivity contribution in [3.05, 3.63) is 39.8 Å². The van der Waals surface area contributed by atoms with Crippen LogP contribution in [-0.2, 0) is 14.3 Å². The molecule has 190 valence electrons. The monoisotopic (exact) mass is 496 g/mol. The molecule has 5 unspecified atom stereocenters. The number of benzene rings is 1. The van der Waals surface area contributed by atoms with Crippen molar-refractivity contribution in [1.29, 1.82) is 0 Å². The van der Waals surface area contributed by atoms with Crippen molar-refractivity contribution >= 4 is 11.9 Å². The molecule has 8 nitrogen and oxygen atoms in total. The predicted molar refractivity (Wildman–Crippen MR) is 108 cm³/mol. The summed E-state index contributed by atoms with van der Waals surface area (Å²) in [6, 6.07) is -3.31. The Balaban J connectivity index is 2.98. The summed E-state index contributed by atoms with van der Waals surface area (Å²) in [4.78, 5) is 35.6. The van der Waals surface area contributed by atoms with Crippen molar-refractivity contribution in [2.45, 2.75) is 38.8 Å². The average molecular weight is 496 g/mol. The van der Waals surface area contributed by atoms with Crippen LogP contribution in [0.1, 0.15) is 32.3 Å². The summed E-state index contributed by atoms with van der Waals surface area (Å²) >= 11 is 0. The van der Waals surface area contributed by atoms with E-state index in [1.807, 2.05) is 0 Å². The first kappa shape index (κ1) is 27.6. The lowest BCUT2D eigenvalue weighted by molar-refractivity contribution is -0.180. The molecule has 1 aliphatic rings. The molecule has 1 aromatic rings. The lowest BCUT2D eigenvalue weighted by Gasteiger charge is -2.58. The molecule has 1 saturated heterocycles. The molecule has 0 saturated carbocycles. The summed E-state index contributed by atoms with van der Waals surface area (Å²) in [5.41, 5.74) is -6.49. The number of nitroso groups, excluding NO2 is 1. The first-order valence-corrected chi connectivity index (χ1v) is 10.3. The Labute approximate surface area is 191 Å². The fraction of sp³-hybridized carbons (Fsp3) is 0.619. The number of piperidine rings is 1. The number of nitrogens with zero attached hydrogens (tertiary/aromatic N) is 1. The van der Waals surface area contributed by atoms with Gasteiger partial charge >= 0.3 is 11.9 Å². The van der Waals surface area contributed by atoms with Gasteiger partial charge in [0, 0.05) is 23.6 Å². The van der Waals surface area contributed by atoms with E-state index in [4.69, 9.17) is 4.74 Å². The van der Waals surface area contributed by atoms with Gasteiger partial charge in [0.25, 0.3) is 0 Å². The lowest BCUT2D eigenvalue weighted by atomic mass is 9.48. The van der Waals surface area contributed by atoms with Crippen LogP contribution in [0.5, 0.6) is 0 Å². The SMILES string of the molecule is CC(C)C1(C(=O)O)C(COCCN=O)NC(CF)C(C)(C(=O)O)C1c1c(F)c(F)cc(F)c1F. The highest BCUT2D eigenvalue weighted by atomic mass is 19.2. The third-order valence-corrected chi connectivity index (χ3v) is 6.77. The van der Waals surface area contributed by atoms with E-state index in [1.54, 1.807) is 0 Å². The Morgan fingerprint density at radius 2 is 1.68 bits per heavy atom. The van der Waals surface area contributed by atoms with E-state index in [0.717, 1.165) is 6.92 Å². The third-order valence-electron chi connectivity index (χ3n) is 6.77. The Morgan fingerprint density at radius 3 is 2.09 bits per heavy atom. The van der Waals surface area contributed by atoms with E-state index in [-0.39, 0.29) is 19.2 Å². The normalized spacial score (nSPS) is 29.3. The molecule has 0 amide bonds. The Kier molecular flexibility index (Phi) is 8.35. The molecule has 0 aromatic heterocycles. The molecule has 0 bridgehead atoms. The van der Waals surface area contributed by atoms with Crippen LogP contribution in [0.25, 0.3) is 0 Å². The summed E-state index contributed by atoms with van der Waals surface area (Å²) in [6.07, 6.45) is 0. The van der Waals surface area contributed by atoms with Gasteiger partial charge in [0.05, 0.1) is 30.1 Å². The molecule has 34 heavy (non-hydrogen) atoms. The number of nitrogens with one attached hydrogen (secondary N) is 1. The van der Waals surface area contributed by atoms with Gasteiger partial charge < -0.3 is 20.3 Å². The van der Waals surface area contributed by atoms with Gasteiger partial charge in [-0.2, -0.15) is 4.91 Å². The summed E-state index contributed by atoms with van der Waals surface area (Å²) < 4.78 is 77.9. The summed E-state index contributed by atoms with van der Waals surface area (Å²) in [7, 11) is 0. The second-order valence-corrected chi connectivity index (χ2v) is 8.65. The number of alkyl halides is 1. The Bertz CT molecular complexity index is 938. The lowest BCUT2D eigenvalue weighted by Crippen LogP contribution is -2.73. The molecule has 2 rings (SSSR count). The van der Waals surface area contributed by atoms with Gasteiger partial charge in [-0.15, -0.1) is 0 Å². The van der Waals surface area contributed by atoms with Crippen LogP contribution in [0, 0.1) is 44.9 Å². The highest BCUT2D eigenvalue weighted by molar-refractivity contribution is 5.84. The van der Waals surface area contributed by atoms with Crippen LogP contribution in [-0.4, -0.2) is 60.7 Å². The molecular weight excluding hydrogens is 471 g/mol. The molecule has 3 N–H and O–H groups in total. The van der Waals surface area contributed by atoms with Crippen molar-refractivity contribution in [3.8, 4) is 0 Å². The highest BCUT2D eigenvalue weighted by Crippen LogP contribution is 2.59. The predicted octanol–water partition coefficient (Wildman–Crippen LogP) is 3.24. The standard InChI is InChI=1S/C21H25F5N2O6/c1-9(2)21(19(31)32)13(8-34-5-4-27-33)28-12(7-22)20(3,18(29)30)17(21)14-15(25)10(23)6-11(24)16(14)26/h6,9,12-13,17,28H,4-5,7-8H2,1-3H3,(H,29,30)(H,31,32). The fourth-order valence-corrected chi connectivity index (χ4v) is 5.06. The van der Waals surface area contributed by atoms with E-state index < -0.39 is 88.8 Å². The maximum Gasteiger partial charge on any atom is 0.312 e. The maximum absolute atomic E-state index is 15.1. The summed E-state index contributed by atoms with van der Waals surface area (Å²) in [6.45, 7) is 0.888. The molecular formula is C21H25F5N2O6. The average Bonchev–Trinajstić information content (AvgIpc) is 2.76. The van der Waals surface area contributed by atoms with Crippen LogP contribution < -0.4 is 5.32 Å². The highest BCUT2D eigenvalue weighted by Gasteiger charge is 2.69. The zero-order valence-electron chi connectivity index (χ0n) is 18.6. The second-order valence-electron chi connectivity index (χ2n) is 8.65. The topological polar surface area (TPSA) is 125 Å². The van der Waals surface area contributed by atoms with Gasteiger partial charge in [-0.05, 0) is 12.8 Å². The van der Waals surface area contributed by atoms with E-state index in [2.05, 4.69) is 10.5 Å². The number of rotatable bonds is 10. The number of ether oxygens (including phenoxy) is 1. The number of carboxylic acids is 2. The van der Waals surface area contributed by atoms with Crippen LogP contribution in [0.15, 0.2) is 11.2 Å². The zero-order valence-corrected chi connectivity index (χ0v) is 18.6. The number of hydrogen-bond acceptors (Lipinski definition) is 6. The minimum atomic E-state index is -2.58. The number of carboxylic acid groups (broad SMARTS) is 2. The third kappa shape index (κ3) is 4.15. The van der Waals surface area contributed by atoms with Crippen LogP contribution in [0.4, 0.5) is 22.0 Å². The molecule has 0 aliphatic carbocycles. The van der Waals surface area contributed by atoms with E-state index >= 15 is 8.78 Å². The zero-order chi connectivity index (χ0) is 26.0. The fourth-order valence-electron chi connectivity index (χ4n) is 5.06. The van der Waals surface area contributed by atoms with Gasteiger partial charge in [-0.25, -0.2) is 22.0 Å². The quantitative estimate of drug-likeness (QED) is 0.197. The van der Waals surface area contributed by atoms with Gasteiger partial charge in [0.2, 0.25) is 0 Å². The Hall–Kier alpha value is -2.67. The molecule has 1 fully saturated rings. The first-order chi connectivity index (χ1) is 15.8. The minimum absolute atomic E-state index is 0.0924. The van der Waals surface area contributed by atoms with Crippen molar-refractivity contribution in [3.63, 3.8) is 0 Å². The van der Waals surface area contributed by atoms with Crippen LogP contribution in [0.2, 0.25) is 0 Å². The van der Waals surface area contributed by atoms with Crippen LogP contribution >= 0.6 is 0 Å². The summed E-state index contributed by atoms with van der Waals surface area (Å²) in [5, 5.41) is 25.6. The van der Waals surface area contributed by atoms with Crippen molar-refractivity contribution < 1.29 is 46.5 Å². The molecule has 5 atom stereocenters. The molecule has 0 radical (unpaired) electrons. The van der Waals surface area contributed by atoms with E-state index in [0.29, 0.717) is 0 Å². The molecule has 1 heterocycles. The van der Waals surface area contributed by atoms with Crippen molar-refractivity contribution in [1.82, 2.24) is 5.32 Å². The van der Waals surface area contributed by atoms with Gasteiger partial charge in [0.15, 0.2) is 23.3 Å². The smallest absolute Gasteiger partial charge is 0.312 e. The van der Waals surface area contributed by atoms with Gasteiger partial charge in [-0.3, -0.25) is 9.59 Å². The second kappa shape index (κ2) is 10.3. The molecule has 13 heteroatoms. The molecule has 1 aliphatic heterocycles. The number of hydrogen-bond donors (Lipinski definition) is 3. The largest absolute Gasteiger partial charge is 0.481 e. The maximum atomic E-state index is 15.1. The summed E-state index contributed by atoms with van der Waals surface area (Å²) in [5.74, 6) is -14.7. The van der Waals surface area contributed by atoms with E-state index in [1.165, 1.54) is 13.8 Å². The van der Waals surface area contributed by atoms with Gasteiger partial charge in [-0.1, -0.05) is 19.0 Å². The number of halogens is 5. The first-order valence-electron chi connectivity index (χ1n) is 10.3. The van der Waals surface area contributed by atoms with E-state index in [9.17, 15) is 37.9 Å². The molecule has 0 spiro atoms. The van der Waals surface area contributed by atoms with Gasteiger partial charge in [0.1, 0.15) is 13.2 Å². The van der Waals surface area contributed by atoms with Crippen molar-refractivity contribution in [2.75, 3.05) is 26.4 Å². The number of aliphatic carboxylic acids is 2.